The van der Waals surface area contributed by atoms with E-state index in [0.717, 1.165) is 25.3 Å². The molecule has 17 heavy (non-hydrogen) atoms. The number of benzene rings is 2. The van der Waals surface area contributed by atoms with E-state index in [1.54, 1.807) is 17.4 Å². The highest BCUT2D eigenvalue weighted by molar-refractivity contribution is 9.10. The van der Waals surface area contributed by atoms with Gasteiger partial charge in [0.25, 0.3) is 0 Å². The van der Waals surface area contributed by atoms with E-state index in [0.29, 0.717) is 0 Å². The fourth-order valence-electron chi connectivity index (χ4n) is 1.69. The molecule has 0 atom stereocenters. The number of aromatic nitrogens is 1. The molecule has 1 N–H and O–H groups in total. The van der Waals surface area contributed by atoms with E-state index >= 15 is 0 Å². The Morgan fingerprint density at radius 1 is 1.06 bits per heavy atom. The minimum atomic E-state index is 0.266. The first-order valence-electron chi connectivity index (χ1n) is 5.09. The lowest BCUT2D eigenvalue weighted by Gasteiger charge is -1.98. The lowest BCUT2D eigenvalue weighted by molar-refractivity contribution is 0.477. The average Bonchev–Trinajstić information content (AvgIpc) is 2.75. The molecule has 3 rings (SSSR count). The van der Waals surface area contributed by atoms with Gasteiger partial charge in [0, 0.05) is 4.47 Å². The van der Waals surface area contributed by atoms with Gasteiger partial charge in [0.1, 0.15) is 10.8 Å². The van der Waals surface area contributed by atoms with Crippen LogP contribution in [0.1, 0.15) is 0 Å². The van der Waals surface area contributed by atoms with Crippen LogP contribution in [0.5, 0.6) is 5.75 Å². The van der Waals surface area contributed by atoms with E-state index < -0.39 is 0 Å². The first-order valence-corrected chi connectivity index (χ1v) is 6.70. The Morgan fingerprint density at radius 2 is 1.88 bits per heavy atom. The van der Waals surface area contributed by atoms with Gasteiger partial charge in [-0.15, -0.1) is 11.3 Å². The van der Waals surface area contributed by atoms with Crippen LogP contribution in [-0.2, 0) is 0 Å². The summed E-state index contributed by atoms with van der Waals surface area (Å²) in [5, 5.41) is 10.7. The molecule has 0 amide bonds. The Morgan fingerprint density at radius 3 is 2.65 bits per heavy atom. The number of thiazole rings is 1. The number of aromatic hydroxyl groups is 1. The molecule has 0 saturated carbocycles. The molecule has 0 saturated heterocycles. The number of hydrogen-bond donors (Lipinski definition) is 1. The van der Waals surface area contributed by atoms with E-state index in [-0.39, 0.29) is 5.75 Å². The summed E-state index contributed by atoms with van der Waals surface area (Å²) in [5.74, 6) is 0.266. The van der Waals surface area contributed by atoms with Gasteiger partial charge in [0.2, 0.25) is 0 Å². The highest BCUT2D eigenvalue weighted by atomic mass is 79.9. The maximum Gasteiger partial charge on any atom is 0.128 e. The Bertz CT molecular complexity index is 693. The zero-order valence-corrected chi connectivity index (χ0v) is 11.1. The molecule has 3 aromatic rings. The molecule has 0 spiro atoms. The molecule has 84 valence electrons. The number of nitrogens with zero attached hydrogens (tertiary/aromatic N) is 1. The second-order valence-corrected chi connectivity index (χ2v) is 5.48. The SMILES string of the molecule is Oc1ccccc1-c1nc2cccc(Br)c2s1. The monoisotopic (exact) mass is 305 g/mol. The average molecular weight is 306 g/mol. The van der Waals surface area contributed by atoms with Gasteiger partial charge in [-0.1, -0.05) is 18.2 Å². The lowest BCUT2D eigenvalue weighted by Crippen LogP contribution is -1.76. The summed E-state index contributed by atoms with van der Waals surface area (Å²) in [7, 11) is 0. The van der Waals surface area contributed by atoms with Gasteiger partial charge >= 0.3 is 0 Å². The largest absolute Gasteiger partial charge is 0.507 e. The summed E-state index contributed by atoms with van der Waals surface area (Å²) >= 11 is 5.08. The van der Waals surface area contributed by atoms with E-state index in [4.69, 9.17) is 0 Å². The lowest BCUT2D eigenvalue weighted by atomic mass is 10.2. The number of fused-ring (bicyclic) bond motifs is 1. The van der Waals surface area contributed by atoms with Crippen LogP contribution < -0.4 is 0 Å². The minimum absolute atomic E-state index is 0.266. The molecule has 0 aliphatic heterocycles. The predicted molar refractivity (Wildman–Crippen MR) is 74.4 cm³/mol. The Hall–Kier alpha value is -1.39. The van der Waals surface area contributed by atoms with E-state index in [9.17, 15) is 5.11 Å². The van der Waals surface area contributed by atoms with Crippen molar-refractivity contribution in [2.45, 2.75) is 0 Å². The standard InChI is InChI=1S/C13H8BrNOS/c14-9-5-3-6-10-12(9)17-13(15-10)8-4-1-2-7-11(8)16/h1-7,16H. The second kappa shape index (κ2) is 4.13. The molecule has 1 aromatic heterocycles. The molecule has 0 aliphatic carbocycles. The van der Waals surface area contributed by atoms with Crippen molar-refractivity contribution in [3.05, 3.63) is 46.9 Å². The maximum atomic E-state index is 9.81. The molecule has 0 radical (unpaired) electrons. The molecule has 4 heteroatoms. The number of phenols is 1. The number of rotatable bonds is 1. The van der Waals surface area contributed by atoms with Crippen LogP contribution in [0.25, 0.3) is 20.8 Å². The van der Waals surface area contributed by atoms with Gasteiger partial charge < -0.3 is 5.11 Å². The third kappa shape index (κ3) is 1.83. The zero-order valence-electron chi connectivity index (χ0n) is 8.72. The minimum Gasteiger partial charge on any atom is -0.507 e. The Balaban J connectivity index is 2.26. The highest BCUT2D eigenvalue weighted by Crippen LogP contribution is 2.37. The van der Waals surface area contributed by atoms with E-state index in [1.165, 1.54) is 0 Å². The van der Waals surface area contributed by atoms with Crippen molar-refractivity contribution < 1.29 is 5.11 Å². The van der Waals surface area contributed by atoms with Crippen molar-refractivity contribution >= 4 is 37.5 Å². The van der Waals surface area contributed by atoms with Crippen LogP contribution in [0.2, 0.25) is 0 Å². The fraction of sp³-hybridized carbons (Fsp3) is 0. The highest BCUT2D eigenvalue weighted by Gasteiger charge is 2.10. The molecule has 2 nitrogen and oxygen atoms in total. The summed E-state index contributed by atoms with van der Waals surface area (Å²) in [5.41, 5.74) is 1.73. The molecular weight excluding hydrogens is 298 g/mol. The van der Waals surface area contributed by atoms with Crippen LogP contribution in [0.3, 0.4) is 0 Å². The number of hydrogen-bond acceptors (Lipinski definition) is 3. The first-order chi connectivity index (χ1) is 8.25. The molecule has 0 fully saturated rings. The quantitative estimate of drug-likeness (QED) is 0.721. The summed E-state index contributed by atoms with van der Waals surface area (Å²) < 4.78 is 2.14. The van der Waals surface area contributed by atoms with Gasteiger partial charge in [-0.25, -0.2) is 4.98 Å². The van der Waals surface area contributed by atoms with Crippen molar-refractivity contribution in [2.75, 3.05) is 0 Å². The van der Waals surface area contributed by atoms with Crippen LogP contribution >= 0.6 is 27.3 Å². The molecule has 0 aliphatic rings. The van der Waals surface area contributed by atoms with Gasteiger partial charge in [-0.2, -0.15) is 0 Å². The third-order valence-corrected chi connectivity index (χ3v) is 4.56. The van der Waals surface area contributed by atoms with Crippen molar-refractivity contribution in [3.8, 4) is 16.3 Å². The van der Waals surface area contributed by atoms with E-state index in [2.05, 4.69) is 20.9 Å². The van der Waals surface area contributed by atoms with Gasteiger partial charge in [-0.3, -0.25) is 0 Å². The van der Waals surface area contributed by atoms with Gasteiger partial charge in [-0.05, 0) is 40.2 Å². The molecule has 1 heterocycles. The summed E-state index contributed by atoms with van der Waals surface area (Å²) in [6.45, 7) is 0. The molecule has 0 bridgehead atoms. The van der Waals surface area contributed by atoms with Crippen molar-refractivity contribution in [3.63, 3.8) is 0 Å². The zero-order chi connectivity index (χ0) is 11.8. The van der Waals surface area contributed by atoms with E-state index in [1.807, 2.05) is 36.4 Å². The summed E-state index contributed by atoms with van der Waals surface area (Å²) in [6.07, 6.45) is 0. The third-order valence-electron chi connectivity index (χ3n) is 2.50. The smallest absolute Gasteiger partial charge is 0.128 e. The maximum absolute atomic E-state index is 9.81. The molecular formula is C13H8BrNOS. The predicted octanol–water partition coefficient (Wildman–Crippen LogP) is 4.43. The van der Waals surface area contributed by atoms with Crippen LogP contribution in [0.15, 0.2) is 46.9 Å². The van der Waals surface area contributed by atoms with Crippen molar-refractivity contribution in [1.82, 2.24) is 4.98 Å². The number of halogens is 1. The Labute approximate surface area is 111 Å². The number of para-hydroxylation sites is 1. The Kier molecular flexibility index (Phi) is 2.61. The number of phenolic OH excluding ortho intramolecular Hbond substituents is 1. The fourth-order valence-corrected chi connectivity index (χ4v) is 3.29. The van der Waals surface area contributed by atoms with Crippen LogP contribution in [-0.4, -0.2) is 10.1 Å². The van der Waals surface area contributed by atoms with Gasteiger partial charge in [0.05, 0.1) is 15.8 Å². The normalized spacial score (nSPS) is 10.9. The molecule has 2 aromatic carbocycles. The van der Waals surface area contributed by atoms with Gasteiger partial charge in [0.15, 0.2) is 0 Å². The second-order valence-electron chi connectivity index (χ2n) is 3.62. The van der Waals surface area contributed by atoms with Crippen LogP contribution in [0, 0.1) is 0 Å². The van der Waals surface area contributed by atoms with Crippen molar-refractivity contribution in [1.29, 1.82) is 0 Å². The topological polar surface area (TPSA) is 33.1 Å². The summed E-state index contributed by atoms with van der Waals surface area (Å²) in [6, 6.07) is 13.2. The molecule has 0 unspecified atom stereocenters. The summed E-state index contributed by atoms with van der Waals surface area (Å²) in [4.78, 5) is 4.53. The first kappa shape index (κ1) is 10.7. The van der Waals surface area contributed by atoms with Crippen molar-refractivity contribution in [2.24, 2.45) is 0 Å². The van der Waals surface area contributed by atoms with Crippen LogP contribution in [0.4, 0.5) is 0 Å².